The van der Waals surface area contributed by atoms with E-state index in [1.165, 1.54) is 40.8 Å². The molecule has 1 heterocycles. The van der Waals surface area contributed by atoms with E-state index in [0.29, 0.717) is 0 Å². The third kappa shape index (κ3) is 3.08. The molecule has 0 aromatic carbocycles. The SMILES string of the molecule is COC(C=C1C=C(C)CCC1)c1sccc1C. The van der Waals surface area contributed by atoms with Gasteiger partial charge in [-0.05, 0) is 61.8 Å². The Morgan fingerprint density at radius 1 is 1.35 bits per heavy atom. The van der Waals surface area contributed by atoms with Crippen LogP contribution in [0.5, 0.6) is 0 Å². The zero-order valence-electron chi connectivity index (χ0n) is 10.8. The maximum absolute atomic E-state index is 5.62. The fraction of sp³-hybridized carbons (Fsp3) is 0.467. The average Bonchev–Trinajstić information content (AvgIpc) is 2.72. The van der Waals surface area contributed by atoms with Gasteiger partial charge in [-0.25, -0.2) is 0 Å². The highest BCUT2D eigenvalue weighted by molar-refractivity contribution is 7.10. The molecule has 0 aliphatic heterocycles. The van der Waals surface area contributed by atoms with E-state index in [0.717, 1.165) is 0 Å². The third-order valence-electron chi connectivity index (χ3n) is 3.25. The summed E-state index contributed by atoms with van der Waals surface area (Å²) in [5, 5.41) is 2.14. The molecule has 0 saturated heterocycles. The molecule has 2 rings (SSSR count). The third-order valence-corrected chi connectivity index (χ3v) is 4.33. The first kappa shape index (κ1) is 12.6. The number of aryl methyl sites for hydroxylation is 1. The molecule has 1 unspecified atom stereocenters. The summed E-state index contributed by atoms with van der Waals surface area (Å²) in [5.74, 6) is 0. The second-order valence-electron chi connectivity index (χ2n) is 4.71. The summed E-state index contributed by atoms with van der Waals surface area (Å²) in [6.45, 7) is 4.36. The lowest BCUT2D eigenvalue weighted by molar-refractivity contribution is 0.144. The van der Waals surface area contributed by atoms with Gasteiger partial charge in [0.25, 0.3) is 0 Å². The number of rotatable bonds is 3. The van der Waals surface area contributed by atoms with Crippen LogP contribution in [0.25, 0.3) is 0 Å². The molecule has 0 radical (unpaired) electrons. The molecule has 1 aliphatic rings. The van der Waals surface area contributed by atoms with Crippen molar-refractivity contribution in [3.8, 4) is 0 Å². The second kappa shape index (κ2) is 5.65. The summed E-state index contributed by atoms with van der Waals surface area (Å²) in [4.78, 5) is 1.33. The average molecular weight is 248 g/mol. The highest BCUT2D eigenvalue weighted by Gasteiger charge is 2.13. The molecule has 0 N–H and O–H groups in total. The first-order valence-electron chi connectivity index (χ1n) is 6.15. The van der Waals surface area contributed by atoms with Crippen LogP contribution < -0.4 is 0 Å². The smallest absolute Gasteiger partial charge is 0.110 e. The van der Waals surface area contributed by atoms with Gasteiger partial charge in [-0.2, -0.15) is 0 Å². The summed E-state index contributed by atoms with van der Waals surface area (Å²) in [5.41, 5.74) is 4.24. The summed E-state index contributed by atoms with van der Waals surface area (Å²) in [7, 11) is 1.79. The maximum Gasteiger partial charge on any atom is 0.110 e. The van der Waals surface area contributed by atoms with E-state index in [1.807, 2.05) is 0 Å². The highest BCUT2D eigenvalue weighted by Crippen LogP contribution is 2.31. The molecule has 17 heavy (non-hydrogen) atoms. The van der Waals surface area contributed by atoms with E-state index in [2.05, 4.69) is 37.4 Å². The van der Waals surface area contributed by atoms with Crippen molar-refractivity contribution < 1.29 is 4.74 Å². The van der Waals surface area contributed by atoms with Gasteiger partial charge in [0.1, 0.15) is 6.10 Å². The fourth-order valence-electron chi connectivity index (χ4n) is 2.28. The molecule has 1 atom stereocenters. The fourth-order valence-corrected chi connectivity index (χ4v) is 3.26. The zero-order valence-corrected chi connectivity index (χ0v) is 11.6. The van der Waals surface area contributed by atoms with Crippen LogP contribution >= 0.6 is 11.3 Å². The largest absolute Gasteiger partial charge is 0.372 e. The van der Waals surface area contributed by atoms with Crippen LogP contribution in [-0.2, 0) is 4.74 Å². The molecule has 0 spiro atoms. The van der Waals surface area contributed by atoms with E-state index >= 15 is 0 Å². The standard InChI is InChI=1S/C15H20OS/c1-11-5-4-6-13(9-11)10-14(16-3)15-12(2)7-8-17-15/h7-10,14H,4-6H2,1-3H3. The van der Waals surface area contributed by atoms with E-state index in [4.69, 9.17) is 4.74 Å². The molecule has 1 nitrogen and oxygen atoms in total. The van der Waals surface area contributed by atoms with Crippen LogP contribution in [0.15, 0.2) is 34.7 Å². The van der Waals surface area contributed by atoms with Gasteiger partial charge in [0.2, 0.25) is 0 Å². The van der Waals surface area contributed by atoms with E-state index in [9.17, 15) is 0 Å². The topological polar surface area (TPSA) is 9.23 Å². The van der Waals surface area contributed by atoms with E-state index in [-0.39, 0.29) is 6.10 Å². The summed E-state index contributed by atoms with van der Waals surface area (Å²) in [6, 6.07) is 2.16. The lowest BCUT2D eigenvalue weighted by atomic mass is 9.95. The van der Waals surface area contributed by atoms with Crippen LogP contribution in [0.4, 0.5) is 0 Å². The highest BCUT2D eigenvalue weighted by atomic mass is 32.1. The van der Waals surface area contributed by atoms with Gasteiger partial charge in [-0.1, -0.05) is 11.6 Å². The Balaban J connectivity index is 2.23. The maximum atomic E-state index is 5.62. The number of thiophene rings is 1. The van der Waals surface area contributed by atoms with Crippen molar-refractivity contribution in [3.05, 3.63) is 45.2 Å². The van der Waals surface area contributed by atoms with Crippen molar-refractivity contribution in [2.45, 2.75) is 39.2 Å². The number of methoxy groups -OCH3 is 1. The summed E-state index contributed by atoms with van der Waals surface area (Å²) in [6.07, 6.45) is 8.41. The van der Waals surface area contributed by atoms with Crippen LogP contribution in [0, 0.1) is 6.92 Å². The first-order chi connectivity index (χ1) is 8.20. The van der Waals surface area contributed by atoms with Crippen LogP contribution in [0.2, 0.25) is 0 Å². The quantitative estimate of drug-likeness (QED) is 0.746. The number of allylic oxidation sites excluding steroid dienone is 3. The molecule has 0 saturated carbocycles. The van der Waals surface area contributed by atoms with Gasteiger partial charge >= 0.3 is 0 Å². The van der Waals surface area contributed by atoms with Crippen molar-refractivity contribution in [3.63, 3.8) is 0 Å². The minimum Gasteiger partial charge on any atom is -0.372 e. The van der Waals surface area contributed by atoms with Gasteiger partial charge in [0, 0.05) is 12.0 Å². The van der Waals surface area contributed by atoms with E-state index < -0.39 is 0 Å². The first-order valence-corrected chi connectivity index (χ1v) is 7.03. The molecule has 2 heteroatoms. The molecular formula is C15H20OS. The molecule has 1 aromatic heterocycles. The Bertz CT molecular complexity index is 440. The Kier molecular flexibility index (Phi) is 4.19. The molecular weight excluding hydrogens is 228 g/mol. The number of hydrogen-bond acceptors (Lipinski definition) is 2. The summed E-state index contributed by atoms with van der Waals surface area (Å²) >= 11 is 1.78. The van der Waals surface area contributed by atoms with Crippen molar-refractivity contribution in [2.24, 2.45) is 0 Å². The van der Waals surface area contributed by atoms with Crippen molar-refractivity contribution in [1.29, 1.82) is 0 Å². The van der Waals surface area contributed by atoms with Crippen LogP contribution in [-0.4, -0.2) is 7.11 Å². The minimum absolute atomic E-state index is 0.118. The minimum atomic E-state index is 0.118. The van der Waals surface area contributed by atoms with E-state index in [1.54, 1.807) is 18.4 Å². The van der Waals surface area contributed by atoms with Gasteiger partial charge in [-0.3, -0.25) is 0 Å². The normalized spacial score (nSPS) is 20.4. The molecule has 1 aliphatic carbocycles. The van der Waals surface area contributed by atoms with Gasteiger partial charge < -0.3 is 4.74 Å². The Morgan fingerprint density at radius 3 is 2.76 bits per heavy atom. The lowest BCUT2D eigenvalue weighted by Crippen LogP contribution is -2.00. The molecule has 0 fully saturated rings. The van der Waals surface area contributed by atoms with Crippen LogP contribution in [0.3, 0.4) is 0 Å². The van der Waals surface area contributed by atoms with Gasteiger partial charge in [0.05, 0.1) is 0 Å². The molecule has 1 aromatic rings. The Labute approximate surface area is 108 Å². The predicted octanol–water partition coefficient (Wildman–Crippen LogP) is 4.80. The molecule has 0 amide bonds. The van der Waals surface area contributed by atoms with Gasteiger partial charge in [-0.15, -0.1) is 11.3 Å². The van der Waals surface area contributed by atoms with Crippen molar-refractivity contribution in [1.82, 2.24) is 0 Å². The predicted molar refractivity (Wildman–Crippen MR) is 74.5 cm³/mol. The summed E-state index contributed by atoms with van der Waals surface area (Å²) < 4.78 is 5.62. The Morgan fingerprint density at radius 2 is 2.18 bits per heavy atom. The lowest BCUT2D eigenvalue weighted by Gasteiger charge is -2.16. The number of hydrogen-bond donors (Lipinski definition) is 0. The molecule has 92 valence electrons. The van der Waals surface area contributed by atoms with Crippen molar-refractivity contribution in [2.75, 3.05) is 7.11 Å². The number of ether oxygens (including phenoxy) is 1. The Hall–Kier alpha value is -0.860. The molecule has 0 bridgehead atoms. The zero-order chi connectivity index (χ0) is 12.3. The monoisotopic (exact) mass is 248 g/mol. The second-order valence-corrected chi connectivity index (χ2v) is 5.66. The van der Waals surface area contributed by atoms with Crippen LogP contribution in [0.1, 0.15) is 42.7 Å². The van der Waals surface area contributed by atoms with Gasteiger partial charge in [0.15, 0.2) is 0 Å². The van der Waals surface area contributed by atoms with Crippen molar-refractivity contribution >= 4 is 11.3 Å².